The van der Waals surface area contributed by atoms with Gasteiger partial charge in [-0.15, -0.1) is 0 Å². The van der Waals surface area contributed by atoms with Crippen molar-refractivity contribution < 1.29 is 9.59 Å². The molecule has 0 aliphatic heterocycles. The molecule has 3 N–H and O–H groups in total. The Kier molecular flexibility index (Phi) is 4.98. The highest BCUT2D eigenvalue weighted by atomic mass is 16.2. The first kappa shape index (κ1) is 15.4. The molecule has 0 unspecified atom stereocenters. The Labute approximate surface area is 129 Å². The maximum atomic E-state index is 12.2. The van der Waals surface area contributed by atoms with Gasteiger partial charge in [-0.05, 0) is 24.3 Å². The summed E-state index contributed by atoms with van der Waals surface area (Å²) < 4.78 is 0. The highest BCUT2D eigenvalue weighted by Gasteiger charge is 2.15. The van der Waals surface area contributed by atoms with Crippen molar-refractivity contribution in [3.05, 3.63) is 60.2 Å². The van der Waals surface area contributed by atoms with Gasteiger partial charge in [-0.25, -0.2) is 10.2 Å². The number of carbonyl (C=O) groups is 2. The van der Waals surface area contributed by atoms with Crippen molar-refractivity contribution in [3.63, 3.8) is 0 Å². The van der Waals surface area contributed by atoms with Crippen molar-refractivity contribution >= 4 is 23.3 Å². The van der Waals surface area contributed by atoms with Gasteiger partial charge < -0.3 is 10.2 Å². The van der Waals surface area contributed by atoms with E-state index in [1.54, 1.807) is 12.1 Å². The number of carbonyl (C=O) groups excluding carboxylic acids is 2. The van der Waals surface area contributed by atoms with Gasteiger partial charge in [-0.1, -0.05) is 30.3 Å². The summed E-state index contributed by atoms with van der Waals surface area (Å²) in [6.07, 6.45) is 0. The number of nitrogens with one attached hydrogen (secondary N) is 3. The van der Waals surface area contributed by atoms with Crippen molar-refractivity contribution in [1.82, 2.24) is 16.2 Å². The van der Waals surface area contributed by atoms with Crippen LogP contribution in [0, 0.1) is 0 Å². The number of anilines is 2. The fourth-order valence-electron chi connectivity index (χ4n) is 1.99. The zero-order chi connectivity index (χ0) is 15.9. The van der Waals surface area contributed by atoms with E-state index < -0.39 is 6.03 Å². The van der Waals surface area contributed by atoms with Crippen LogP contribution in [0.3, 0.4) is 0 Å². The summed E-state index contributed by atoms with van der Waals surface area (Å²) in [5.74, 6) is -0.387. The molecule has 0 fully saturated rings. The smallest absolute Gasteiger partial charge is 0.333 e. The van der Waals surface area contributed by atoms with Crippen LogP contribution in [0.5, 0.6) is 0 Å². The minimum atomic E-state index is -0.484. The van der Waals surface area contributed by atoms with Gasteiger partial charge in [-0.2, -0.15) is 0 Å². The Hall–Kier alpha value is -3.02. The molecule has 0 spiro atoms. The predicted octanol–water partition coefficient (Wildman–Crippen LogP) is 2.03. The fourth-order valence-corrected chi connectivity index (χ4v) is 1.99. The lowest BCUT2D eigenvalue weighted by atomic mass is 10.1. The van der Waals surface area contributed by atoms with Crippen LogP contribution < -0.4 is 21.1 Å². The number of para-hydroxylation sites is 2. The van der Waals surface area contributed by atoms with Crippen LogP contribution in [0.2, 0.25) is 0 Å². The number of rotatable bonds is 3. The van der Waals surface area contributed by atoms with Gasteiger partial charge in [0.05, 0.1) is 11.3 Å². The Morgan fingerprint density at radius 2 is 1.55 bits per heavy atom. The topological polar surface area (TPSA) is 73.5 Å². The fraction of sp³-hybridized carbons (Fsp3) is 0.125. The largest absolute Gasteiger partial charge is 0.344 e. The molecule has 0 heterocycles. The summed E-state index contributed by atoms with van der Waals surface area (Å²) in [5.41, 5.74) is 6.80. The highest BCUT2D eigenvalue weighted by Crippen LogP contribution is 2.26. The van der Waals surface area contributed by atoms with E-state index in [1.165, 1.54) is 7.05 Å². The van der Waals surface area contributed by atoms with Gasteiger partial charge in [0.2, 0.25) is 0 Å². The van der Waals surface area contributed by atoms with E-state index >= 15 is 0 Å². The van der Waals surface area contributed by atoms with Crippen LogP contribution in [-0.2, 0) is 0 Å². The molecule has 2 aromatic carbocycles. The summed E-state index contributed by atoms with van der Waals surface area (Å²) in [4.78, 5) is 25.3. The van der Waals surface area contributed by atoms with Crippen molar-refractivity contribution in [2.75, 3.05) is 19.0 Å². The van der Waals surface area contributed by atoms with E-state index in [-0.39, 0.29) is 5.91 Å². The molecule has 2 aromatic rings. The van der Waals surface area contributed by atoms with Gasteiger partial charge in [0.25, 0.3) is 5.91 Å². The average molecular weight is 298 g/mol. The maximum absolute atomic E-state index is 12.2. The molecule has 22 heavy (non-hydrogen) atoms. The Balaban J connectivity index is 2.23. The molecule has 0 saturated carbocycles. The van der Waals surface area contributed by atoms with Crippen LogP contribution in [-0.4, -0.2) is 26.0 Å². The molecule has 0 atom stereocenters. The number of nitrogens with zero attached hydrogens (tertiary/aromatic N) is 1. The number of hydrogen-bond acceptors (Lipinski definition) is 3. The minimum Gasteiger partial charge on any atom is -0.344 e. The van der Waals surface area contributed by atoms with Crippen LogP contribution >= 0.6 is 0 Å². The Morgan fingerprint density at radius 3 is 2.23 bits per heavy atom. The van der Waals surface area contributed by atoms with E-state index in [1.807, 2.05) is 54.4 Å². The van der Waals surface area contributed by atoms with Crippen molar-refractivity contribution in [2.45, 2.75) is 0 Å². The van der Waals surface area contributed by atoms with Gasteiger partial charge in [0, 0.05) is 19.8 Å². The van der Waals surface area contributed by atoms with Gasteiger partial charge in [-0.3, -0.25) is 10.2 Å². The number of amides is 3. The lowest BCUT2D eigenvalue weighted by Gasteiger charge is -2.22. The molecule has 2 rings (SSSR count). The average Bonchev–Trinajstić information content (AvgIpc) is 2.59. The molecular formula is C16H18N4O2. The molecule has 6 nitrogen and oxygen atoms in total. The van der Waals surface area contributed by atoms with Gasteiger partial charge in [0.15, 0.2) is 0 Å². The van der Waals surface area contributed by atoms with Crippen LogP contribution in [0.25, 0.3) is 0 Å². The van der Waals surface area contributed by atoms with Gasteiger partial charge >= 0.3 is 6.03 Å². The molecule has 0 saturated heterocycles. The summed E-state index contributed by atoms with van der Waals surface area (Å²) in [7, 11) is 3.35. The van der Waals surface area contributed by atoms with Crippen molar-refractivity contribution in [1.29, 1.82) is 0 Å². The summed E-state index contributed by atoms with van der Waals surface area (Å²) in [6.45, 7) is 0. The van der Waals surface area contributed by atoms with Crippen molar-refractivity contribution in [3.8, 4) is 0 Å². The minimum absolute atomic E-state index is 0.387. The SMILES string of the molecule is CNC(=O)NNC(=O)c1ccccc1N(C)c1ccccc1. The monoisotopic (exact) mass is 298 g/mol. The van der Waals surface area contributed by atoms with Crippen LogP contribution in [0.15, 0.2) is 54.6 Å². The van der Waals surface area contributed by atoms with E-state index in [4.69, 9.17) is 0 Å². The predicted molar refractivity (Wildman–Crippen MR) is 86.0 cm³/mol. The molecule has 0 radical (unpaired) electrons. The molecule has 0 aliphatic rings. The van der Waals surface area contributed by atoms with E-state index in [9.17, 15) is 9.59 Å². The second kappa shape index (κ2) is 7.12. The summed E-state index contributed by atoms with van der Waals surface area (Å²) in [5, 5.41) is 2.36. The molecular weight excluding hydrogens is 280 g/mol. The zero-order valence-electron chi connectivity index (χ0n) is 12.5. The highest BCUT2D eigenvalue weighted by molar-refractivity contribution is 6.01. The molecule has 3 amide bonds. The third kappa shape index (κ3) is 3.54. The van der Waals surface area contributed by atoms with Crippen molar-refractivity contribution in [2.24, 2.45) is 0 Å². The second-order valence-corrected chi connectivity index (χ2v) is 4.57. The molecule has 114 valence electrons. The number of hydrazine groups is 1. The second-order valence-electron chi connectivity index (χ2n) is 4.57. The molecule has 0 bridgehead atoms. The summed E-state index contributed by atoms with van der Waals surface area (Å²) in [6, 6.07) is 16.4. The maximum Gasteiger partial charge on any atom is 0.333 e. The zero-order valence-corrected chi connectivity index (χ0v) is 12.5. The van der Waals surface area contributed by atoms with Crippen LogP contribution in [0.4, 0.5) is 16.2 Å². The first-order chi connectivity index (χ1) is 10.6. The number of benzene rings is 2. The van der Waals surface area contributed by atoms with E-state index in [2.05, 4.69) is 16.2 Å². The third-order valence-corrected chi connectivity index (χ3v) is 3.17. The van der Waals surface area contributed by atoms with Crippen LogP contribution in [0.1, 0.15) is 10.4 Å². The Bertz CT molecular complexity index is 658. The third-order valence-electron chi connectivity index (χ3n) is 3.17. The summed E-state index contributed by atoms with van der Waals surface area (Å²) >= 11 is 0. The first-order valence-corrected chi connectivity index (χ1v) is 6.79. The molecule has 0 aliphatic carbocycles. The number of urea groups is 1. The lowest BCUT2D eigenvalue weighted by Crippen LogP contribution is -2.46. The standard InChI is InChI=1S/C16H18N4O2/c1-17-16(22)19-18-15(21)13-10-6-7-11-14(13)20(2)12-8-4-3-5-9-12/h3-11H,1-2H3,(H,18,21)(H2,17,19,22). The lowest BCUT2D eigenvalue weighted by molar-refractivity contribution is 0.0937. The quantitative estimate of drug-likeness (QED) is 0.759. The van der Waals surface area contributed by atoms with E-state index in [0.717, 1.165) is 11.4 Å². The Morgan fingerprint density at radius 1 is 0.909 bits per heavy atom. The first-order valence-electron chi connectivity index (χ1n) is 6.79. The number of hydrogen-bond donors (Lipinski definition) is 3. The molecule has 6 heteroatoms. The van der Waals surface area contributed by atoms with E-state index in [0.29, 0.717) is 5.56 Å². The normalized spacial score (nSPS) is 9.73. The molecule has 0 aromatic heterocycles. The van der Waals surface area contributed by atoms with Gasteiger partial charge in [0.1, 0.15) is 0 Å².